The number of esters is 1. The number of benzene rings is 2. The number of rotatable bonds is 6. The number of carbonyl (C=O) groups excluding carboxylic acids is 1. The number of halogens is 4. The first-order valence-electron chi connectivity index (χ1n) is 7.91. The molecule has 0 heterocycles. The van der Waals surface area contributed by atoms with E-state index < -0.39 is 17.7 Å². The van der Waals surface area contributed by atoms with Crippen LogP contribution in [0.25, 0.3) is 0 Å². The fourth-order valence-electron chi connectivity index (χ4n) is 2.63. The van der Waals surface area contributed by atoms with Crippen molar-refractivity contribution in [3.63, 3.8) is 0 Å². The van der Waals surface area contributed by atoms with E-state index in [1.807, 2.05) is 0 Å². The van der Waals surface area contributed by atoms with Gasteiger partial charge in [-0.3, -0.25) is 0 Å². The summed E-state index contributed by atoms with van der Waals surface area (Å²) in [4.78, 5) is 11.5. The van der Waals surface area contributed by atoms with E-state index >= 15 is 0 Å². The maximum Gasteiger partial charge on any atom is 0.416 e. The second-order valence-electron chi connectivity index (χ2n) is 5.84. The smallest absolute Gasteiger partial charge is 0.416 e. The van der Waals surface area contributed by atoms with Gasteiger partial charge in [0.1, 0.15) is 0 Å². The van der Waals surface area contributed by atoms with Crippen molar-refractivity contribution in [3.8, 4) is 0 Å². The highest BCUT2D eigenvalue weighted by atomic mass is 79.9. The Hall–Kier alpha value is -1.51. The zero-order chi connectivity index (χ0) is 19.3. The standard InChI is InChI=1S/C19H18BrF3O3.H2S/c1-26-18(25)14-4-2-13(17(20)10-14)3-5-15(11-24)12-6-8-16(9-7-12)19(21,22)23;/h2,4,6-10,15,24H,3,5,11H2,1H3;1H2/t15-;/m1./s1. The summed E-state index contributed by atoms with van der Waals surface area (Å²) in [5.41, 5.74) is 1.30. The largest absolute Gasteiger partial charge is 0.465 e. The van der Waals surface area contributed by atoms with Crippen LogP contribution in [0.2, 0.25) is 0 Å². The number of methoxy groups -OCH3 is 1. The summed E-state index contributed by atoms with van der Waals surface area (Å²) in [5, 5.41) is 9.61. The van der Waals surface area contributed by atoms with E-state index in [1.54, 1.807) is 18.2 Å². The fourth-order valence-corrected chi connectivity index (χ4v) is 3.21. The van der Waals surface area contributed by atoms with Crippen molar-refractivity contribution in [3.05, 3.63) is 69.2 Å². The van der Waals surface area contributed by atoms with Crippen molar-refractivity contribution in [2.24, 2.45) is 0 Å². The molecule has 1 atom stereocenters. The van der Waals surface area contributed by atoms with Crippen molar-refractivity contribution >= 4 is 35.4 Å². The van der Waals surface area contributed by atoms with Gasteiger partial charge in [-0.2, -0.15) is 26.7 Å². The summed E-state index contributed by atoms with van der Waals surface area (Å²) in [6.07, 6.45) is -3.23. The Bertz CT molecular complexity index is 764. The number of hydrogen-bond acceptors (Lipinski definition) is 3. The number of aliphatic hydroxyl groups excluding tert-OH is 1. The average molecular weight is 465 g/mol. The van der Waals surface area contributed by atoms with Crippen molar-refractivity contribution in [2.75, 3.05) is 13.7 Å². The maximum absolute atomic E-state index is 12.6. The summed E-state index contributed by atoms with van der Waals surface area (Å²) < 4.78 is 43.3. The van der Waals surface area contributed by atoms with Crippen LogP contribution in [-0.2, 0) is 17.3 Å². The predicted octanol–water partition coefficient (Wildman–Crippen LogP) is 5.08. The molecule has 0 amide bonds. The van der Waals surface area contributed by atoms with Crippen LogP contribution < -0.4 is 0 Å². The van der Waals surface area contributed by atoms with Crippen molar-refractivity contribution in [2.45, 2.75) is 24.9 Å². The summed E-state index contributed by atoms with van der Waals surface area (Å²) >= 11 is 3.41. The molecule has 0 saturated carbocycles. The number of aryl methyl sites for hydroxylation is 1. The Kier molecular flexibility index (Phi) is 8.84. The zero-order valence-electron chi connectivity index (χ0n) is 14.5. The minimum Gasteiger partial charge on any atom is -0.465 e. The molecule has 1 N–H and O–H groups in total. The monoisotopic (exact) mass is 464 g/mol. The van der Waals surface area contributed by atoms with E-state index in [1.165, 1.54) is 19.2 Å². The van der Waals surface area contributed by atoms with Crippen molar-refractivity contribution in [1.29, 1.82) is 0 Å². The lowest BCUT2D eigenvalue weighted by Crippen LogP contribution is -2.09. The van der Waals surface area contributed by atoms with Gasteiger partial charge in [-0.05, 0) is 48.2 Å². The third-order valence-electron chi connectivity index (χ3n) is 4.17. The molecule has 0 aliphatic rings. The number of alkyl halides is 3. The Morgan fingerprint density at radius 1 is 1.19 bits per heavy atom. The van der Waals surface area contributed by atoms with E-state index in [0.29, 0.717) is 24.0 Å². The fraction of sp³-hybridized carbons (Fsp3) is 0.316. The number of carbonyl (C=O) groups is 1. The van der Waals surface area contributed by atoms with Gasteiger partial charge in [0, 0.05) is 17.0 Å². The second kappa shape index (κ2) is 10.1. The third-order valence-corrected chi connectivity index (χ3v) is 4.90. The molecular weight excluding hydrogens is 445 g/mol. The van der Waals surface area contributed by atoms with Crippen molar-refractivity contribution < 1.29 is 27.8 Å². The van der Waals surface area contributed by atoms with Gasteiger partial charge in [-0.15, -0.1) is 0 Å². The molecule has 0 radical (unpaired) electrons. The number of ether oxygens (including phenoxy) is 1. The molecule has 0 bridgehead atoms. The first kappa shape index (κ1) is 23.5. The molecule has 2 rings (SSSR count). The molecule has 0 aliphatic carbocycles. The Balaban J connectivity index is 0.00000364. The van der Waals surface area contributed by atoms with Crippen LogP contribution in [0.3, 0.4) is 0 Å². The summed E-state index contributed by atoms with van der Waals surface area (Å²) in [5.74, 6) is -0.709. The minimum atomic E-state index is -4.38. The average Bonchev–Trinajstić information content (AvgIpc) is 2.62. The Labute approximate surface area is 171 Å². The van der Waals surface area contributed by atoms with Gasteiger partial charge < -0.3 is 9.84 Å². The molecule has 3 nitrogen and oxygen atoms in total. The van der Waals surface area contributed by atoms with Crippen molar-refractivity contribution in [1.82, 2.24) is 0 Å². The van der Waals surface area contributed by atoms with Crippen LogP contribution in [0.5, 0.6) is 0 Å². The van der Waals surface area contributed by atoms with Crippen LogP contribution in [0.1, 0.15) is 39.4 Å². The van der Waals surface area contributed by atoms with Crippen LogP contribution in [0.15, 0.2) is 46.9 Å². The topological polar surface area (TPSA) is 46.5 Å². The van der Waals surface area contributed by atoms with E-state index in [4.69, 9.17) is 0 Å². The molecule has 2 aromatic carbocycles. The molecular formula is C19H20BrF3O3S. The van der Waals surface area contributed by atoms with Gasteiger partial charge in [-0.25, -0.2) is 4.79 Å². The quantitative estimate of drug-likeness (QED) is 0.606. The highest BCUT2D eigenvalue weighted by Gasteiger charge is 2.30. The molecule has 0 aromatic heterocycles. The maximum atomic E-state index is 12.6. The van der Waals surface area contributed by atoms with Gasteiger partial charge in [0.2, 0.25) is 0 Å². The van der Waals surface area contributed by atoms with Crippen LogP contribution in [0, 0.1) is 0 Å². The molecule has 8 heteroatoms. The van der Waals surface area contributed by atoms with Gasteiger partial charge in [0.15, 0.2) is 0 Å². The predicted molar refractivity (Wildman–Crippen MR) is 105 cm³/mol. The Morgan fingerprint density at radius 2 is 1.81 bits per heavy atom. The summed E-state index contributed by atoms with van der Waals surface area (Å²) in [6, 6.07) is 9.96. The zero-order valence-corrected chi connectivity index (χ0v) is 17.1. The van der Waals surface area contributed by atoms with Crippen LogP contribution >= 0.6 is 29.4 Å². The first-order chi connectivity index (χ1) is 12.3. The lowest BCUT2D eigenvalue weighted by molar-refractivity contribution is -0.137. The van der Waals surface area contributed by atoms with E-state index in [0.717, 1.165) is 22.2 Å². The molecule has 0 saturated heterocycles. The van der Waals surface area contributed by atoms with E-state index in [-0.39, 0.29) is 26.0 Å². The first-order valence-corrected chi connectivity index (χ1v) is 8.70. The van der Waals surface area contributed by atoms with Gasteiger partial charge >= 0.3 is 12.1 Å². The second-order valence-corrected chi connectivity index (χ2v) is 6.69. The number of aliphatic hydroxyl groups is 1. The molecule has 0 spiro atoms. The number of hydrogen-bond donors (Lipinski definition) is 1. The normalized spacial score (nSPS) is 12.2. The lowest BCUT2D eigenvalue weighted by Gasteiger charge is -2.16. The van der Waals surface area contributed by atoms with Crippen LogP contribution in [-0.4, -0.2) is 24.8 Å². The Morgan fingerprint density at radius 3 is 2.30 bits per heavy atom. The molecule has 27 heavy (non-hydrogen) atoms. The molecule has 0 unspecified atom stereocenters. The third kappa shape index (κ3) is 6.26. The SMILES string of the molecule is COC(=O)c1ccc(CC[C@H](CO)c2ccc(C(F)(F)F)cc2)c(Br)c1.S. The van der Waals surface area contributed by atoms with E-state index in [9.17, 15) is 23.1 Å². The lowest BCUT2D eigenvalue weighted by atomic mass is 9.92. The van der Waals surface area contributed by atoms with Gasteiger partial charge in [0.05, 0.1) is 18.2 Å². The molecule has 148 valence electrons. The van der Waals surface area contributed by atoms with Gasteiger partial charge in [-0.1, -0.05) is 34.1 Å². The summed E-state index contributed by atoms with van der Waals surface area (Å²) in [6.45, 7) is -0.163. The highest BCUT2D eigenvalue weighted by Crippen LogP contribution is 2.31. The molecule has 0 aliphatic heterocycles. The van der Waals surface area contributed by atoms with Crippen LogP contribution in [0.4, 0.5) is 13.2 Å². The van der Waals surface area contributed by atoms with E-state index in [2.05, 4.69) is 20.7 Å². The minimum absolute atomic E-state index is 0. The summed E-state index contributed by atoms with van der Waals surface area (Å²) in [7, 11) is 1.31. The molecule has 2 aromatic rings. The highest BCUT2D eigenvalue weighted by molar-refractivity contribution is 9.10. The van der Waals surface area contributed by atoms with Gasteiger partial charge in [0.25, 0.3) is 0 Å². The molecule has 0 fully saturated rings.